The van der Waals surface area contributed by atoms with Gasteiger partial charge in [0.2, 0.25) is 5.91 Å². The molecule has 4 nitrogen and oxygen atoms in total. The minimum Gasteiger partial charge on any atom is -0.348 e. The molecule has 1 heterocycles. The van der Waals surface area contributed by atoms with Gasteiger partial charge in [-0.05, 0) is 73.4 Å². The van der Waals surface area contributed by atoms with E-state index in [4.69, 9.17) is 0 Å². The van der Waals surface area contributed by atoms with Gasteiger partial charge in [-0.3, -0.25) is 4.79 Å². The van der Waals surface area contributed by atoms with Gasteiger partial charge in [0.1, 0.15) is 5.82 Å². The van der Waals surface area contributed by atoms with Crippen LogP contribution in [0, 0.1) is 11.2 Å². The van der Waals surface area contributed by atoms with Crippen molar-refractivity contribution in [1.82, 2.24) is 14.9 Å². The van der Waals surface area contributed by atoms with Crippen molar-refractivity contribution in [2.24, 2.45) is 5.41 Å². The number of allylic oxidation sites excluding steroid dienone is 9. The molecular formula is C30H36FN3O. The summed E-state index contributed by atoms with van der Waals surface area (Å²) in [6.45, 7) is 11.1. The molecule has 1 atom stereocenters. The van der Waals surface area contributed by atoms with Crippen molar-refractivity contribution < 1.29 is 9.18 Å². The normalized spacial score (nSPS) is 19.1. The number of carbonyl (C=O) groups is 1. The molecule has 1 aliphatic carbocycles. The molecule has 1 aromatic heterocycles. The molecule has 0 bridgehead atoms. The fourth-order valence-corrected chi connectivity index (χ4v) is 4.51. The van der Waals surface area contributed by atoms with Crippen molar-refractivity contribution in [3.63, 3.8) is 0 Å². The summed E-state index contributed by atoms with van der Waals surface area (Å²) in [6.07, 6.45) is 19.9. The lowest BCUT2D eigenvalue weighted by molar-refractivity contribution is -0.116. The van der Waals surface area contributed by atoms with Gasteiger partial charge in [-0.15, -0.1) is 0 Å². The van der Waals surface area contributed by atoms with E-state index in [1.165, 1.54) is 23.3 Å². The van der Waals surface area contributed by atoms with E-state index in [1.54, 1.807) is 18.2 Å². The number of imidazole rings is 1. The number of amides is 1. The van der Waals surface area contributed by atoms with Crippen molar-refractivity contribution in [2.45, 2.75) is 60.0 Å². The maximum Gasteiger partial charge on any atom is 0.244 e. The number of nitrogens with zero attached hydrogens (tertiary/aromatic N) is 2. The van der Waals surface area contributed by atoms with E-state index in [1.807, 2.05) is 43.9 Å². The van der Waals surface area contributed by atoms with Crippen LogP contribution in [0.2, 0.25) is 0 Å². The standard InChI is InChI=1S/C30H36FN3O/c1-22(8-6-9-23(2)18-29(35)33-20-25-10-7-11-26(31)19-25)12-13-27-24(3)28(14-15-30(27,4)5)34-17-16-32-21-34/h6-13,16-19,21,28H,14-15,20H2,1-5H3,(H,33,35)/b9-6+,13-12+,22-8+,23-18-. The van der Waals surface area contributed by atoms with Crippen LogP contribution in [0.25, 0.3) is 0 Å². The van der Waals surface area contributed by atoms with Gasteiger partial charge in [0.15, 0.2) is 0 Å². The zero-order valence-corrected chi connectivity index (χ0v) is 21.4. The van der Waals surface area contributed by atoms with Crippen LogP contribution in [0.3, 0.4) is 0 Å². The van der Waals surface area contributed by atoms with E-state index < -0.39 is 0 Å². The van der Waals surface area contributed by atoms with Gasteiger partial charge >= 0.3 is 0 Å². The van der Waals surface area contributed by atoms with Crippen LogP contribution in [0.5, 0.6) is 0 Å². The maximum atomic E-state index is 13.2. The number of nitrogens with one attached hydrogen (secondary N) is 1. The van der Waals surface area contributed by atoms with Gasteiger partial charge in [0.25, 0.3) is 0 Å². The van der Waals surface area contributed by atoms with Gasteiger partial charge in [-0.2, -0.15) is 0 Å². The van der Waals surface area contributed by atoms with Gasteiger partial charge in [0, 0.05) is 25.0 Å². The Bertz CT molecular complexity index is 1180. The Morgan fingerprint density at radius 1 is 1.26 bits per heavy atom. The Labute approximate surface area is 208 Å². The monoisotopic (exact) mass is 473 g/mol. The molecule has 1 N–H and O–H groups in total. The van der Waals surface area contributed by atoms with E-state index in [-0.39, 0.29) is 17.1 Å². The first-order valence-corrected chi connectivity index (χ1v) is 12.1. The SMILES string of the molecule is CC1=C(/C=C/C(C)=C/C=C/C(C)=C\C(=O)NCc2cccc(F)c2)C(C)(C)CCC1n1ccnc1. The number of halogens is 1. The molecule has 184 valence electrons. The van der Waals surface area contributed by atoms with E-state index in [9.17, 15) is 9.18 Å². The summed E-state index contributed by atoms with van der Waals surface area (Å²) in [5, 5.41) is 2.79. The lowest BCUT2D eigenvalue weighted by Gasteiger charge is -2.37. The Hall–Kier alpha value is -3.47. The highest BCUT2D eigenvalue weighted by atomic mass is 19.1. The topological polar surface area (TPSA) is 46.9 Å². The Kier molecular flexibility index (Phi) is 8.80. The van der Waals surface area contributed by atoms with Crippen LogP contribution in [0.4, 0.5) is 4.39 Å². The largest absolute Gasteiger partial charge is 0.348 e. The predicted molar refractivity (Wildman–Crippen MR) is 141 cm³/mol. The molecule has 0 radical (unpaired) electrons. The number of hydrogen-bond donors (Lipinski definition) is 1. The van der Waals surface area contributed by atoms with Crippen LogP contribution in [0.15, 0.2) is 102 Å². The Balaban J connectivity index is 1.61. The number of hydrogen-bond acceptors (Lipinski definition) is 2. The van der Waals surface area contributed by atoms with E-state index in [0.717, 1.165) is 29.6 Å². The Morgan fingerprint density at radius 3 is 2.77 bits per heavy atom. The summed E-state index contributed by atoms with van der Waals surface area (Å²) in [6, 6.07) is 6.58. The average Bonchev–Trinajstić information content (AvgIpc) is 3.32. The molecular weight excluding hydrogens is 437 g/mol. The van der Waals surface area contributed by atoms with Crippen LogP contribution in [-0.2, 0) is 11.3 Å². The molecule has 1 amide bonds. The third-order valence-corrected chi connectivity index (χ3v) is 6.53. The van der Waals surface area contributed by atoms with E-state index in [0.29, 0.717) is 12.6 Å². The second kappa shape index (κ2) is 11.8. The zero-order valence-electron chi connectivity index (χ0n) is 21.4. The summed E-state index contributed by atoms with van der Waals surface area (Å²) in [5.74, 6) is -0.509. The second-order valence-corrected chi connectivity index (χ2v) is 9.88. The third-order valence-electron chi connectivity index (χ3n) is 6.53. The summed E-state index contributed by atoms with van der Waals surface area (Å²) in [4.78, 5) is 16.4. The minimum absolute atomic E-state index is 0.131. The minimum atomic E-state index is -0.306. The molecule has 0 saturated carbocycles. The van der Waals surface area contributed by atoms with Gasteiger partial charge < -0.3 is 9.88 Å². The molecule has 0 fully saturated rings. The smallest absolute Gasteiger partial charge is 0.244 e. The van der Waals surface area contributed by atoms with Gasteiger partial charge in [-0.25, -0.2) is 9.37 Å². The molecule has 0 aliphatic heterocycles. The average molecular weight is 474 g/mol. The van der Waals surface area contributed by atoms with Crippen molar-refractivity contribution in [1.29, 1.82) is 0 Å². The maximum absolute atomic E-state index is 13.2. The molecule has 0 spiro atoms. The number of carbonyl (C=O) groups excluding carboxylic acids is 1. The van der Waals surface area contributed by atoms with Crippen molar-refractivity contribution >= 4 is 5.91 Å². The molecule has 1 aliphatic rings. The highest BCUT2D eigenvalue weighted by Gasteiger charge is 2.32. The van der Waals surface area contributed by atoms with Crippen LogP contribution < -0.4 is 5.32 Å². The van der Waals surface area contributed by atoms with Crippen LogP contribution in [0.1, 0.15) is 59.1 Å². The zero-order chi connectivity index (χ0) is 25.4. The molecule has 35 heavy (non-hydrogen) atoms. The predicted octanol–water partition coefficient (Wildman–Crippen LogP) is 7.02. The summed E-state index contributed by atoms with van der Waals surface area (Å²) in [7, 11) is 0. The summed E-state index contributed by atoms with van der Waals surface area (Å²) < 4.78 is 15.5. The van der Waals surface area contributed by atoms with Crippen molar-refractivity contribution in [2.75, 3.05) is 0 Å². The first-order valence-electron chi connectivity index (χ1n) is 12.1. The Morgan fingerprint density at radius 2 is 2.06 bits per heavy atom. The first-order chi connectivity index (χ1) is 16.7. The number of aromatic nitrogens is 2. The molecule has 3 rings (SSSR count). The molecule has 1 aromatic carbocycles. The first kappa shape index (κ1) is 26.1. The number of benzene rings is 1. The molecule has 1 unspecified atom stereocenters. The summed E-state index contributed by atoms with van der Waals surface area (Å²) in [5.41, 5.74) is 5.60. The lowest BCUT2D eigenvalue weighted by atomic mass is 9.71. The number of rotatable bonds is 8. The van der Waals surface area contributed by atoms with Gasteiger partial charge in [-0.1, -0.05) is 61.9 Å². The highest BCUT2D eigenvalue weighted by Crippen LogP contribution is 2.45. The van der Waals surface area contributed by atoms with Crippen LogP contribution >= 0.6 is 0 Å². The third kappa shape index (κ3) is 7.51. The fourth-order valence-electron chi connectivity index (χ4n) is 4.51. The fraction of sp³-hybridized carbons (Fsp3) is 0.333. The van der Waals surface area contributed by atoms with Gasteiger partial charge in [0.05, 0.1) is 12.4 Å². The van der Waals surface area contributed by atoms with Crippen molar-refractivity contribution in [3.05, 3.63) is 113 Å². The molecule has 5 heteroatoms. The second-order valence-electron chi connectivity index (χ2n) is 9.88. The molecule has 2 aromatic rings. The highest BCUT2D eigenvalue weighted by molar-refractivity contribution is 5.88. The quantitative estimate of drug-likeness (QED) is 0.331. The van der Waals surface area contributed by atoms with Crippen molar-refractivity contribution in [3.8, 4) is 0 Å². The van der Waals surface area contributed by atoms with E-state index >= 15 is 0 Å². The lowest BCUT2D eigenvalue weighted by Crippen LogP contribution is -2.25. The van der Waals surface area contributed by atoms with Crippen LogP contribution in [-0.4, -0.2) is 15.5 Å². The molecule has 0 saturated heterocycles. The summed E-state index contributed by atoms with van der Waals surface area (Å²) >= 11 is 0. The van der Waals surface area contributed by atoms with E-state index in [2.05, 4.69) is 54.7 Å².